The maximum Gasteiger partial charge on any atom is 0.248 e. The zero-order valence-electron chi connectivity index (χ0n) is 12.7. The van der Waals surface area contributed by atoms with Crippen molar-refractivity contribution in [2.75, 3.05) is 13.2 Å². The number of fused-ring (bicyclic) bond motifs is 1. The molecule has 0 unspecified atom stereocenters. The molecule has 1 amide bonds. The lowest BCUT2D eigenvalue weighted by atomic mass is 9.78. The van der Waals surface area contributed by atoms with Crippen LogP contribution < -0.4 is 0 Å². The third-order valence-corrected chi connectivity index (χ3v) is 3.43. The van der Waals surface area contributed by atoms with Gasteiger partial charge in [-0.1, -0.05) is 51.5 Å². The van der Waals surface area contributed by atoms with Gasteiger partial charge in [0, 0.05) is 18.5 Å². The molecule has 2 rings (SSSR count). The molecule has 19 heavy (non-hydrogen) atoms. The van der Waals surface area contributed by atoms with E-state index >= 15 is 0 Å². The van der Waals surface area contributed by atoms with Gasteiger partial charge in [-0.2, -0.15) is 0 Å². The lowest BCUT2D eigenvalue weighted by molar-refractivity contribution is -0.136. The molecule has 1 heterocycles. The molecule has 0 spiro atoms. The first-order chi connectivity index (χ1) is 8.94. The van der Waals surface area contributed by atoms with Crippen molar-refractivity contribution in [1.82, 2.24) is 4.90 Å². The van der Waals surface area contributed by atoms with Gasteiger partial charge in [0.05, 0.1) is 0 Å². The second-order valence-corrected chi connectivity index (χ2v) is 5.45. The molecule has 106 valence electrons. The van der Waals surface area contributed by atoms with Crippen molar-refractivity contribution < 1.29 is 9.90 Å². The molecule has 1 aromatic rings. The van der Waals surface area contributed by atoms with E-state index in [9.17, 15) is 4.79 Å². The SMILES string of the molecule is CC.Cc1ccc2c(c1)CN(C(=O)CO)CC2(C)C. The number of carbonyl (C=O) groups is 1. The molecular formula is C16H25NO2. The van der Waals surface area contributed by atoms with Gasteiger partial charge >= 0.3 is 0 Å². The monoisotopic (exact) mass is 263 g/mol. The molecule has 1 aromatic carbocycles. The number of benzene rings is 1. The Morgan fingerprint density at radius 2 is 2.00 bits per heavy atom. The third-order valence-electron chi connectivity index (χ3n) is 3.43. The van der Waals surface area contributed by atoms with Crippen molar-refractivity contribution in [3.63, 3.8) is 0 Å². The fourth-order valence-corrected chi connectivity index (χ4v) is 2.61. The first-order valence-electron chi connectivity index (χ1n) is 6.93. The number of aryl methyl sites for hydroxylation is 1. The molecule has 0 aromatic heterocycles. The lowest BCUT2D eigenvalue weighted by Gasteiger charge is -2.40. The standard InChI is InChI=1S/C14H19NO2.C2H6/c1-10-4-5-12-11(6-10)7-15(13(17)8-16)9-14(12,2)3;1-2/h4-6,16H,7-9H2,1-3H3;1-2H3. The first-order valence-corrected chi connectivity index (χ1v) is 6.93. The molecule has 3 heteroatoms. The minimum absolute atomic E-state index is 0.0495. The van der Waals surface area contributed by atoms with Crippen LogP contribution in [0.3, 0.4) is 0 Å². The summed E-state index contributed by atoms with van der Waals surface area (Å²) in [6.45, 7) is 11.2. The van der Waals surface area contributed by atoms with E-state index in [4.69, 9.17) is 5.11 Å². The molecule has 0 atom stereocenters. The predicted octanol–water partition coefficient (Wildman–Crippen LogP) is 2.63. The Kier molecular flexibility index (Phi) is 5.12. The van der Waals surface area contributed by atoms with Gasteiger partial charge in [0.25, 0.3) is 0 Å². The van der Waals surface area contributed by atoms with E-state index in [1.165, 1.54) is 16.7 Å². The second-order valence-electron chi connectivity index (χ2n) is 5.45. The maximum absolute atomic E-state index is 11.6. The number of nitrogens with zero attached hydrogens (tertiary/aromatic N) is 1. The van der Waals surface area contributed by atoms with Crippen molar-refractivity contribution in [2.24, 2.45) is 0 Å². The number of amides is 1. The molecule has 0 fully saturated rings. The first kappa shape index (κ1) is 15.7. The summed E-state index contributed by atoms with van der Waals surface area (Å²) < 4.78 is 0. The summed E-state index contributed by atoms with van der Waals surface area (Å²) in [5, 5.41) is 8.97. The molecule has 1 N–H and O–H groups in total. The van der Waals surface area contributed by atoms with Crippen molar-refractivity contribution in [3.05, 3.63) is 34.9 Å². The van der Waals surface area contributed by atoms with Crippen LogP contribution in [-0.2, 0) is 16.8 Å². The molecule has 3 nitrogen and oxygen atoms in total. The highest BCUT2D eigenvalue weighted by atomic mass is 16.3. The highest BCUT2D eigenvalue weighted by Gasteiger charge is 2.33. The van der Waals surface area contributed by atoms with Gasteiger partial charge in [-0.25, -0.2) is 0 Å². The molecule has 0 saturated heterocycles. The summed E-state index contributed by atoms with van der Waals surface area (Å²) in [6.07, 6.45) is 0. The van der Waals surface area contributed by atoms with E-state index in [0.29, 0.717) is 13.1 Å². The Morgan fingerprint density at radius 1 is 1.37 bits per heavy atom. The number of rotatable bonds is 1. The molecule has 0 radical (unpaired) electrons. The highest BCUT2D eigenvalue weighted by Crippen LogP contribution is 2.33. The largest absolute Gasteiger partial charge is 0.387 e. The summed E-state index contributed by atoms with van der Waals surface area (Å²) in [7, 11) is 0. The van der Waals surface area contributed by atoms with E-state index in [-0.39, 0.29) is 11.3 Å². The summed E-state index contributed by atoms with van der Waals surface area (Å²) in [6, 6.07) is 6.41. The zero-order chi connectivity index (χ0) is 14.6. The van der Waals surface area contributed by atoms with Gasteiger partial charge in [-0.05, 0) is 18.1 Å². The summed E-state index contributed by atoms with van der Waals surface area (Å²) in [5.74, 6) is -0.190. The smallest absolute Gasteiger partial charge is 0.248 e. The van der Waals surface area contributed by atoms with Crippen LogP contribution in [0.2, 0.25) is 0 Å². The van der Waals surface area contributed by atoms with E-state index < -0.39 is 6.61 Å². The minimum atomic E-state index is -0.406. The van der Waals surface area contributed by atoms with Crippen LogP contribution in [0.4, 0.5) is 0 Å². The minimum Gasteiger partial charge on any atom is -0.387 e. The van der Waals surface area contributed by atoms with Crippen molar-refractivity contribution in [3.8, 4) is 0 Å². The van der Waals surface area contributed by atoms with Crippen molar-refractivity contribution >= 4 is 5.91 Å². The van der Waals surface area contributed by atoms with Gasteiger partial charge in [-0.15, -0.1) is 0 Å². The molecule has 0 bridgehead atoms. The fourth-order valence-electron chi connectivity index (χ4n) is 2.61. The Bertz CT molecular complexity index is 452. The van der Waals surface area contributed by atoms with Gasteiger partial charge in [0.1, 0.15) is 6.61 Å². The number of hydrogen-bond donors (Lipinski definition) is 1. The average molecular weight is 263 g/mol. The predicted molar refractivity (Wildman–Crippen MR) is 78.1 cm³/mol. The van der Waals surface area contributed by atoms with Crippen LogP contribution in [0.5, 0.6) is 0 Å². The van der Waals surface area contributed by atoms with Crippen LogP contribution in [0.25, 0.3) is 0 Å². The van der Waals surface area contributed by atoms with E-state index in [2.05, 4.69) is 39.0 Å². The quantitative estimate of drug-likeness (QED) is 0.846. The summed E-state index contributed by atoms with van der Waals surface area (Å²) in [4.78, 5) is 13.4. The van der Waals surface area contributed by atoms with Gasteiger partial charge in [-0.3, -0.25) is 4.79 Å². The van der Waals surface area contributed by atoms with Crippen LogP contribution >= 0.6 is 0 Å². The lowest BCUT2D eigenvalue weighted by Crippen LogP contribution is -2.46. The van der Waals surface area contributed by atoms with E-state index in [1.807, 2.05) is 13.8 Å². The number of aliphatic hydroxyl groups excluding tert-OH is 1. The Hall–Kier alpha value is -1.35. The number of carbonyl (C=O) groups excluding carboxylic acids is 1. The second kappa shape index (κ2) is 6.20. The third kappa shape index (κ3) is 3.35. The van der Waals surface area contributed by atoms with Gasteiger partial charge in [0.15, 0.2) is 0 Å². The number of hydrogen-bond acceptors (Lipinski definition) is 2. The topological polar surface area (TPSA) is 40.5 Å². The Labute approximate surface area is 116 Å². The van der Waals surface area contributed by atoms with Gasteiger partial charge in [0.2, 0.25) is 5.91 Å². The van der Waals surface area contributed by atoms with Crippen LogP contribution in [0.15, 0.2) is 18.2 Å². The fraction of sp³-hybridized carbons (Fsp3) is 0.562. The zero-order valence-corrected chi connectivity index (χ0v) is 12.7. The van der Waals surface area contributed by atoms with Crippen molar-refractivity contribution in [2.45, 2.75) is 46.6 Å². The maximum atomic E-state index is 11.6. The van der Waals surface area contributed by atoms with Gasteiger partial charge < -0.3 is 10.0 Å². The van der Waals surface area contributed by atoms with Crippen LogP contribution in [0.1, 0.15) is 44.4 Å². The van der Waals surface area contributed by atoms with Crippen molar-refractivity contribution in [1.29, 1.82) is 0 Å². The van der Waals surface area contributed by atoms with Crippen LogP contribution in [0, 0.1) is 6.92 Å². The molecule has 0 saturated carbocycles. The van der Waals surface area contributed by atoms with E-state index in [1.54, 1.807) is 4.90 Å². The molecule has 0 aliphatic carbocycles. The highest BCUT2D eigenvalue weighted by molar-refractivity contribution is 5.77. The van der Waals surface area contributed by atoms with Crippen LogP contribution in [-0.4, -0.2) is 29.1 Å². The molecule has 1 aliphatic rings. The molecule has 1 aliphatic heterocycles. The average Bonchev–Trinajstić information content (AvgIpc) is 2.38. The Morgan fingerprint density at radius 3 is 2.58 bits per heavy atom. The van der Waals surface area contributed by atoms with E-state index in [0.717, 1.165) is 0 Å². The summed E-state index contributed by atoms with van der Waals surface area (Å²) in [5.41, 5.74) is 3.66. The normalized spacial score (nSPS) is 16.2. The number of aliphatic hydroxyl groups is 1. The molecular weight excluding hydrogens is 238 g/mol. The summed E-state index contributed by atoms with van der Waals surface area (Å²) >= 11 is 0. The Balaban J connectivity index is 0.000000861.